The van der Waals surface area contributed by atoms with Crippen LogP contribution in [0.25, 0.3) is 22.0 Å². The number of hydrogen-bond acceptors (Lipinski definition) is 9. The Bertz CT molecular complexity index is 1440. The van der Waals surface area contributed by atoms with Crippen LogP contribution < -0.4 is 20.1 Å². The molecule has 0 aliphatic carbocycles. The lowest BCUT2D eigenvalue weighted by Gasteiger charge is -2.32. The quantitative estimate of drug-likeness (QED) is 0.529. The predicted octanol–water partition coefficient (Wildman–Crippen LogP) is 2.26. The molecule has 0 unspecified atom stereocenters. The molecule has 2 aliphatic heterocycles. The maximum absolute atomic E-state index is 13.1. The van der Waals surface area contributed by atoms with Crippen LogP contribution in [0.1, 0.15) is 6.42 Å². The van der Waals surface area contributed by atoms with Gasteiger partial charge >= 0.3 is 6.03 Å². The molecule has 5 rings (SSSR count). The summed E-state index contributed by atoms with van der Waals surface area (Å²) in [7, 11) is 0.127. The molecule has 1 aromatic heterocycles. The fourth-order valence-corrected chi connectivity index (χ4v) is 6.26. The highest BCUT2D eigenvalue weighted by Crippen LogP contribution is 2.45. The van der Waals surface area contributed by atoms with Gasteiger partial charge < -0.3 is 29.9 Å². The van der Waals surface area contributed by atoms with Crippen molar-refractivity contribution < 1.29 is 22.7 Å². The Hall–Kier alpha value is -3.80. The summed E-state index contributed by atoms with van der Waals surface area (Å²) < 4.78 is 34.9. The first-order valence-electron chi connectivity index (χ1n) is 12.6. The number of sulfone groups is 1. The molecule has 2 saturated heterocycles. The summed E-state index contributed by atoms with van der Waals surface area (Å²) in [5, 5.41) is 0.685. The van der Waals surface area contributed by atoms with Gasteiger partial charge in [-0.3, -0.25) is 0 Å². The Morgan fingerprint density at radius 1 is 0.921 bits per heavy atom. The van der Waals surface area contributed by atoms with Crippen molar-refractivity contribution in [3.63, 3.8) is 0 Å². The number of ether oxygens (including phenoxy) is 2. The van der Waals surface area contributed by atoms with Gasteiger partial charge in [-0.25, -0.2) is 18.2 Å². The predicted molar refractivity (Wildman–Crippen MR) is 147 cm³/mol. The molecule has 0 saturated carbocycles. The lowest BCUT2D eigenvalue weighted by Crippen LogP contribution is -2.50. The molecule has 2 aromatic carbocycles. The zero-order chi connectivity index (χ0) is 26.9. The molecular formula is C26H32N6O5S. The van der Waals surface area contributed by atoms with E-state index < -0.39 is 9.84 Å². The molecule has 38 heavy (non-hydrogen) atoms. The number of rotatable bonds is 4. The summed E-state index contributed by atoms with van der Waals surface area (Å²) in [5.74, 6) is 1.95. The summed E-state index contributed by atoms with van der Waals surface area (Å²) in [4.78, 5) is 28.0. The zero-order valence-corrected chi connectivity index (χ0v) is 22.4. The Labute approximate surface area is 222 Å². The molecule has 3 heterocycles. The third kappa shape index (κ3) is 5.00. The Morgan fingerprint density at radius 3 is 2.32 bits per heavy atom. The third-order valence-corrected chi connectivity index (χ3v) is 8.68. The second kappa shape index (κ2) is 10.5. The first kappa shape index (κ1) is 25.8. The molecule has 2 amide bonds. The molecular weight excluding hydrogens is 508 g/mol. The monoisotopic (exact) mass is 540 g/mol. The van der Waals surface area contributed by atoms with Gasteiger partial charge in [0.1, 0.15) is 5.82 Å². The number of nitrogen functional groups attached to an aromatic ring is 1. The average molecular weight is 541 g/mol. The second-order valence-electron chi connectivity index (χ2n) is 9.41. The number of carbonyl (C=O) groups excluding carboxylic acids is 1. The number of hydrogen-bond donors (Lipinski definition) is 1. The topological polar surface area (TPSA) is 131 Å². The summed E-state index contributed by atoms with van der Waals surface area (Å²) in [6.07, 6.45) is 0.723. The maximum Gasteiger partial charge on any atom is 0.320 e. The van der Waals surface area contributed by atoms with Crippen LogP contribution in [-0.4, -0.2) is 99.2 Å². The van der Waals surface area contributed by atoms with Crippen molar-refractivity contribution in [1.29, 1.82) is 0 Å². The second-order valence-corrected chi connectivity index (χ2v) is 11.7. The third-order valence-electron chi connectivity index (χ3n) is 7.07. The van der Waals surface area contributed by atoms with Gasteiger partial charge in [-0.15, -0.1) is 0 Å². The van der Waals surface area contributed by atoms with Gasteiger partial charge in [0.05, 0.1) is 36.6 Å². The Kier molecular flexibility index (Phi) is 7.15. The van der Waals surface area contributed by atoms with Crippen LogP contribution in [0.15, 0.2) is 36.4 Å². The van der Waals surface area contributed by atoms with Crippen LogP contribution >= 0.6 is 0 Å². The number of anilines is 2. The Morgan fingerprint density at radius 2 is 1.63 bits per heavy atom. The van der Waals surface area contributed by atoms with E-state index in [1.807, 2.05) is 35.2 Å². The fourth-order valence-electron chi connectivity index (χ4n) is 5.06. The molecule has 0 atom stereocenters. The number of fused-ring (bicyclic) bond motifs is 1. The summed E-state index contributed by atoms with van der Waals surface area (Å²) in [6.45, 7) is 2.71. The van der Waals surface area contributed by atoms with E-state index in [-0.39, 0.29) is 30.6 Å². The lowest BCUT2D eigenvalue weighted by molar-refractivity contribution is 0.159. The van der Waals surface area contributed by atoms with Crippen LogP contribution in [0.5, 0.6) is 11.5 Å². The van der Waals surface area contributed by atoms with E-state index >= 15 is 0 Å². The highest BCUT2D eigenvalue weighted by atomic mass is 32.2. The van der Waals surface area contributed by atoms with Crippen molar-refractivity contribution in [2.75, 3.05) is 75.6 Å². The van der Waals surface area contributed by atoms with E-state index in [0.717, 1.165) is 17.5 Å². The molecule has 2 aliphatic rings. The summed E-state index contributed by atoms with van der Waals surface area (Å²) in [6, 6.07) is 11.5. The Balaban J connectivity index is 1.43. The van der Waals surface area contributed by atoms with Crippen molar-refractivity contribution in [1.82, 2.24) is 19.8 Å². The van der Waals surface area contributed by atoms with E-state index in [4.69, 9.17) is 20.2 Å². The number of nitrogens with two attached hydrogens (primary N) is 1. The van der Waals surface area contributed by atoms with Gasteiger partial charge in [0.15, 0.2) is 21.3 Å². The average Bonchev–Trinajstić information content (AvgIpc) is 3.18. The number of benzene rings is 2. The van der Waals surface area contributed by atoms with Crippen LogP contribution in [-0.2, 0) is 9.84 Å². The number of aromatic nitrogens is 2. The largest absolute Gasteiger partial charge is 0.493 e. The molecule has 3 aromatic rings. The maximum atomic E-state index is 13.1. The minimum atomic E-state index is -3.05. The van der Waals surface area contributed by atoms with E-state index in [1.165, 1.54) is 0 Å². The smallest absolute Gasteiger partial charge is 0.320 e. The van der Waals surface area contributed by atoms with Crippen LogP contribution in [0.2, 0.25) is 0 Å². The molecule has 202 valence electrons. The van der Waals surface area contributed by atoms with Gasteiger partial charge in [-0.2, -0.15) is 4.98 Å². The van der Waals surface area contributed by atoms with Crippen LogP contribution in [0.3, 0.4) is 0 Å². The highest BCUT2D eigenvalue weighted by molar-refractivity contribution is 7.91. The van der Waals surface area contributed by atoms with Gasteiger partial charge in [0, 0.05) is 50.9 Å². The van der Waals surface area contributed by atoms with Crippen molar-refractivity contribution in [2.24, 2.45) is 0 Å². The van der Waals surface area contributed by atoms with Crippen LogP contribution in [0.4, 0.5) is 16.6 Å². The molecule has 11 nitrogen and oxygen atoms in total. The van der Waals surface area contributed by atoms with Crippen molar-refractivity contribution in [2.45, 2.75) is 6.42 Å². The zero-order valence-electron chi connectivity index (χ0n) is 21.6. The van der Waals surface area contributed by atoms with E-state index in [2.05, 4.69) is 4.98 Å². The van der Waals surface area contributed by atoms with E-state index in [0.29, 0.717) is 60.3 Å². The molecule has 2 fully saturated rings. The minimum Gasteiger partial charge on any atom is -0.493 e. The van der Waals surface area contributed by atoms with Gasteiger partial charge in [-0.05, 0) is 12.0 Å². The van der Waals surface area contributed by atoms with E-state index in [1.54, 1.807) is 30.1 Å². The van der Waals surface area contributed by atoms with Gasteiger partial charge in [0.2, 0.25) is 5.95 Å². The first-order chi connectivity index (χ1) is 18.3. The molecule has 0 spiro atoms. The van der Waals surface area contributed by atoms with Crippen molar-refractivity contribution in [3.05, 3.63) is 36.4 Å². The van der Waals surface area contributed by atoms with E-state index in [9.17, 15) is 13.2 Å². The van der Waals surface area contributed by atoms with Gasteiger partial charge in [-0.1, -0.05) is 30.3 Å². The molecule has 12 heteroatoms. The minimum absolute atomic E-state index is 0.0160. The number of methoxy groups -OCH3 is 2. The van der Waals surface area contributed by atoms with Crippen LogP contribution in [0, 0.1) is 0 Å². The van der Waals surface area contributed by atoms with Gasteiger partial charge in [0.25, 0.3) is 0 Å². The standard InChI is InChI=1S/C26H32N6O5S/c1-36-20-17-19-22(21(23(20)37-2)18-7-4-3-5-8-18)24(27)29-25(28-19)30-9-6-10-31(12-11-30)26(33)32-13-15-38(34,35)16-14-32/h3-5,7-8,17H,6,9-16H2,1-2H3,(H2,27,28,29). The van der Waals surface area contributed by atoms with Crippen molar-refractivity contribution >= 4 is 38.5 Å². The summed E-state index contributed by atoms with van der Waals surface area (Å²) >= 11 is 0. The summed E-state index contributed by atoms with van der Waals surface area (Å²) in [5.41, 5.74) is 8.87. The number of nitrogens with zero attached hydrogens (tertiary/aromatic N) is 5. The fraction of sp³-hybridized carbons (Fsp3) is 0.423. The molecule has 2 N–H and O–H groups in total. The SMILES string of the molecule is COc1cc2nc(N3CCCN(C(=O)N4CCS(=O)(=O)CC4)CC3)nc(N)c2c(-c2ccccc2)c1OC. The molecule has 0 radical (unpaired) electrons. The number of amides is 2. The normalized spacial score (nSPS) is 17.8. The number of carbonyl (C=O) groups is 1. The highest BCUT2D eigenvalue weighted by Gasteiger charge is 2.30. The van der Waals surface area contributed by atoms with Crippen molar-refractivity contribution in [3.8, 4) is 22.6 Å². The lowest BCUT2D eigenvalue weighted by atomic mass is 9.99. The number of urea groups is 1. The first-order valence-corrected chi connectivity index (χ1v) is 14.4. The molecule has 0 bridgehead atoms.